The summed E-state index contributed by atoms with van der Waals surface area (Å²) in [7, 11) is 0. The molecule has 1 aliphatic carbocycles. The Balaban J connectivity index is 1.12. The van der Waals surface area contributed by atoms with Crippen molar-refractivity contribution in [2.45, 2.75) is 63.6 Å². The third kappa shape index (κ3) is 5.96. The Morgan fingerprint density at radius 3 is 2.74 bits per heavy atom. The molecule has 3 aromatic heterocycles. The summed E-state index contributed by atoms with van der Waals surface area (Å²) in [5, 5.41) is 12.0. The Kier molecular flexibility index (Phi) is 7.36. The van der Waals surface area contributed by atoms with Gasteiger partial charge < -0.3 is 15.0 Å². The van der Waals surface area contributed by atoms with E-state index in [9.17, 15) is 18.0 Å². The number of nitrogens with one attached hydrogen (secondary N) is 1. The van der Waals surface area contributed by atoms with Gasteiger partial charge in [-0.15, -0.1) is 12.6 Å². The minimum absolute atomic E-state index is 0.125. The fourth-order valence-corrected chi connectivity index (χ4v) is 4.65. The van der Waals surface area contributed by atoms with Gasteiger partial charge in [-0.25, -0.2) is 19.3 Å². The minimum Gasteiger partial charge on any atom is -0.378 e. The van der Waals surface area contributed by atoms with Gasteiger partial charge in [0.2, 0.25) is 0 Å². The van der Waals surface area contributed by atoms with Crippen molar-refractivity contribution in [3.63, 3.8) is 0 Å². The molecular formula is C24H29F3N8O2S. The van der Waals surface area contributed by atoms with E-state index >= 15 is 0 Å². The van der Waals surface area contributed by atoms with Crippen LogP contribution in [0.15, 0.2) is 34.2 Å². The lowest BCUT2D eigenvalue weighted by molar-refractivity contribution is -0.137. The van der Waals surface area contributed by atoms with Gasteiger partial charge in [-0.2, -0.15) is 23.4 Å². The summed E-state index contributed by atoms with van der Waals surface area (Å²) in [6.07, 6.45) is -0.836. The zero-order valence-corrected chi connectivity index (χ0v) is 21.9. The third-order valence-electron chi connectivity index (χ3n) is 6.81. The number of alkyl halides is 3. The topological polar surface area (TPSA) is 103 Å². The van der Waals surface area contributed by atoms with E-state index in [0.29, 0.717) is 72.7 Å². The highest BCUT2D eigenvalue weighted by molar-refractivity contribution is 7.80. The van der Waals surface area contributed by atoms with Crippen molar-refractivity contribution >= 4 is 24.1 Å². The summed E-state index contributed by atoms with van der Waals surface area (Å²) in [6, 6.07) is 2.27. The maximum absolute atomic E-state index is 12.8. The first-order valence-electron chi connectivity index (χ1n) is 12.4. The van der Waals surface area contributed by atoms with Gasteiger partial charge >= 0.3 is 6.18 Å². The largest absolute Gasteiger partial charge is 0.417 e. The van der Waals surface area contributed by atoms with Crippen molar-refractivity contribution in [1.82, 2.24) is 29.5 Å². The van der Waals surface area contributed by atoms with E-state index in [-0.39, 0.29) is 18.2 Å². The number of thiol groups is 1. The van der Waals surface area contributed by atoms with E-state index < -0.39 is 11.7 Å². The molecule has 0 aromatic carbocycles. The number of pyridine rings is 1. The van der Waals surface area contributed by atoms with Gasteiger partial charge in [-0.3, -0.25) is 4.79 Å². The molecule has 2 unspecified atom stereocenters. The monoisotopic (exact) mass is 550 g/mol. The smallest absolute Gasteiger partial charge is 0.378 e. The van der Waals surface area contributed by atoms with Crippen molar-refractivity contribution < 1.29 is 17.9 Å². The number of fused-ring (bicyclic) bond motifs is 1. The molecule has 1 N–H and O–H groups in total. The van der Waals surface area contributed by atoms with E-state index in [1.165, 1.54) is 10.7 Å². The van der Waals surface area contributed by atoms with Crippen LogP contribution in [0.5, 0.6) is 0 Å². The summed E-state index contributed by atoms with van der Waals surface area (Å²) in [5.74, 6) is 2.80. The molecule has 4 heterocycles. The summed E-state index contributed by atoms with van der Waals surface area (Å²) in [6.45, 7) is 6.70. The van der Waals surface area contributed by atoms with Gasteiger partial charge in [-0.1, -0.05) is 6.92 Å². The lowest BCUT2D eigenvalue weighted by atomic mass is 10.2. The fraction of sp³-hybridized carbons (Fsp3) is 0.542. The van der Waals surface area contributed by atoms with Crippen LogP contribution < -0.4 is 15.8 Å². The molecule has 0 saturated heterocycles. The molecule has 38 heavy (non-hydrogen) atoms. The quantitative estimate of drug-likeness (QED) is 0.392. The number of ether oxygens (including phenoxy) is 1. The van der Waals surface area contributed by atoms with Crippen LogP contribution in [-0.4, -0.2) is 48.7 Å². The molecule has 0 amide bonds. The lowest BCUT2D eigenvalue weighted by Crippen LogP contribution is -2.34. The second-order valence-corrected chi connectivity index (χ2v) is 10.4. The van der Waals surface area contributed by atoms with Crippen LogP contribution in [0.1, 0.15) is 37.5 Å². The number of rotatable bonds is 9. The first-order valence-corrected chi connectivity index (χ1v) is 12.9. The number of hydrogen-bond donors (Lipinski definition) is 2. The average Bonchev–Trinajstić information content (AvgIpc) is 3.41. The highest BCUT2D eigenvalue weighted by Crippen LogP contribution is 2.38. The first-order chi connectivity index (χ1) is 18.1. The summed E-state index contributed by atoms with van der Waals surface area (Å²) < 4.78 is 47.5. The van der Waals surface area contributed by atoms with Crippen LogP contribution in [-0.2, 0) is 37.2 Å². The minimum atomic E-state index is -4.42. The van der Waals surface area contributed by atoms with Crippen LogP contribution in [0.2, 0.25) is 0 Å². The van der Waals surface area contributed by atoms with Crippen molar-refractivity contribution in [2.75, 3.05) is 23.4 Å². The molecule has 1 fully saturated rings. The summed E-state index contributed by atoms with van der Waals surface area (Å²) >= 11 is 4.40. The van der Waals surface area contributed by atoms with Gasteiger partial charge in [0.15, 0.2) is 5.82 Å². The molecule has 3 atom stereocenters. The van der Waals surface area contributed by atoms with E-state index in [4.69, 9.17) is 4.74 Å². The predicted octanol–water partition coefficient (Wildman–Crippen LogP) is 3.23. The van der Waals surface area contributed by atoms with Gasteiger partial charge in [-0.05, 0) is 37.3 Å². The molecule has 1 saturated carbocycles. The van der Waals surface area contributed by atoms with Crippen LogP contribution in [0.3, 0.4) is 0 Å². The zero-order chi connectivity index (χ0) is 27.0. The molecule has 0 spiro atoms. The molecule has 0 radical (unpaired) electrons. The molecule has 1 aliphatic heterocycles. The Morgan fingerprint density at radius 2 is 2.05 bits per heavy atom. The molecule has 3 aromatic rings. The maximum Gasteiger partial charge on any atom is 0.417 e. The number of nitrogens with zero attached hydrogens (tertiary/aromatic N) is 7. The fourth-order valence-electron chi connectivity index (χ4n) is 4.41. The normalized spacial score (nSPS) is 19.8. The predicted molar refractivity (Wildman–Crippen MR) is 136 cm³/mol. The molecule has 2 aliphatic rings. The Hall–Kier alpha value is -3.13. The van der Waals surface area contributed by atoms with E-state index in [2.05, 4.69) is 45.0 Å². The number of hydrogen-bond acceptors (Lipinski definition) is 9. The Labute approximate surface area is 222 Å². The molecular weight excluding hydrogens is 521 g/mol. The van der Waals surface area contributed by atoms with Crippen molar-refractivity contribution in [1.29, 1.82) is 0 Å². The summed E-state index contributed by atoms with van der Waals surface area (Å²) in [5.41, 5.74) is -0.431. The number of aromatic nitrogens is 6. The Morgan fingerprint density at radius 1 is 1.26 bits per heavy atom. The molecule has 14 heteroatoms. The number of halogens is 3. The third-order valence-corrected chi connectivity index (χ3v) is 7.24. The van der Waals surface area contributed by atoms with Crippen molar-refractivity contribution in [3.05, 3.63) is 52.1 Å². The van der Waals surface area contributed by atoms with Gasteiger partial charge in [0, 0.05) is 25.3 Å². The second kappa shape index (κ2) is 10.6. The van der Waals surface area contributed by atoms with E-state index in [0.717, 1.165) is 18.7 Å². The van der Waals surface area contributed by atoms with Gasteiger partial charge in [0.05, 0.1) is 42.0 Å². The van der Waals surface area contributed by atoms with Crippen molar-refractivity contribution in [2.24, 2.45) is 11.8 Å². The molecule has 5 rings (SSSR count). The van der Waals surface area contributed by atoms with E-state index in [1.807, 2.05) is 11.8 Å². The van der Waals surface area contributed by atoms with Gasteiger partial charge in [0.1, 0.15) is 18.2 Å². The lowest BCUT2D eigenvalue weighted by Gasteiger charge is -2.27. The Bertz CT molecular complexity index is 1340. The SMILES string of the molecule is CC1CC1Cn1ncc(N[C@@H](C)COCc2nc3n(n2)CCN(c2ccc(C(F)(F)F)cn2)C3)c(S)c1=O. The van der Waals surface area contributed by atoms with Crippen molar-refractivity contribution in [3.8, 4) is 0 Å². The van der Waals surface area contributed by atoms with E-state index in [1.54, 1.807) is 10.9 Å². The molecule has 0 bridgehead atoms. The highest BCUT2D eigenvalue weighted by Gasteiger charge is 2.33. The standard InChI is InChI=1S/C24H29F3N8O2S/c1-14-7-16(14)10-35-23(36)22(38)18(9-29-35)30-15(2)12-37-13-19-31-21-11-33(5-6-34(21)32-19)20-4-3-17(8-28-20)24(25,26)27/h3-4,8-9,14-16,30,38H,5-7,10-13H2,1-2H3/t14?,15-,16?/m0/s1. The zero-order valence-electron chi connectivity index (χ0n) is 21.0. The van der Waals surface area contributed by atoms with Crippen LogP contribution in [0, 0.1) is 11.8 Å². The van der Waals surface area contributed by atoms with Crippen LogP contribution in [0.4, 0.5) is 24.7 Å². The molecule has 204 valence electrons. The summed E-state index contributed by atoms with van der Waals surface area (Å²) in [4.78, 5) is 23.3. The highest BCUT2D eigenvalue weighted by atomic mass is 32.1. The number of anilines is 2. The second-order valence-electron chi connectivity index (χ2n) is 9.92. The average molecular weight is 551 g/mol. The van der Waals surface area contributed by atoms with Gasteiger partial charge in [0.25, 0.3) is 5.56 Å². The first kappa shape index (κ1) is 26.5. The molecule has 10 nitrogen and oxygen atoms in total. The maximum atomic E-state index is 12.8. The van der Waals surface area contributed by atoms with Crippen LogP contribution >= 0.6 is 12.6 Å². The van der Waals surface area contributed by atoms with Crippen LogP contribution in [0.25, 0.3) is 0 Å².